The molecule has 0 unspecified atom stereocenters. The van der Waals surface area contributed by atoms with Crippen molar-refractivity contribution in [3.63, 3.8) is 0 Å². The van der Waals surface area contributed by atoms with E-state index < -0.39 is 0 Å². The van der Waals surface area contributed by atoms with Gasteiger partial charge in [0.25, 0.3) is 0 Å². The Morgan fingerprint density at radius 2 is 2.10 bits per heavy atom. The number of aliphatic hydroxyl groups excluding tert-OH is 1. The smallest absolute Gasteiger partial charge is 0.131 e. The van der Waals surface area contributed by atoms with E-state index in [-0.39, 0.29) is 0 Å². The van der Waals surface area contributed by atoms with Gasteiger partial charge >= 0.3 is 0 Å². The van der Waals surface area contributed by atoms with Crippen LogP contribution in [0, 0.1) is 12.8 Å². The number of nitrogens with zero attached hydrogens (tertiary/aromatic N) is 2. The fourth-order valence-electron chi connectivity index (χ4n) is 2.70. The van der Waals surface area contributed by atoms with E-state index in [0.29, 0.717) is 18.6 Å². The first-order chi connectivity index (χ1) is 9.60. The third kappa shape index (κ3) is 3.93. The van der Waals surface area contributed by atoms with Gasteiger partial charge < -0.3 is 15.3 Å². The van der Waals surface area contributed by atoms with Gasteiger partial charge in [0.15, 0.2) is 0 Å². The summed E-state index contributed by atoms with van der Waals surface area (Å²) in [5.74, 6) is 1.58. The highest BCUT2D eigenvalue weighted by molar-refractivity contribution is 5.47. The second kappa shape index (κ2) is 7.04. The topological polar surface area (TPSA) is 48.4 Å². The fourth-order valence-corrected chi connectivity index (χ4v) is 2.70. The summed E-state index contributed by atoms with van der Waals surface area (Å²) >= 11 is 0. The zero-order chi connectivity index (χ0) is 14.5. The molecule has 0 aliphatic carbocycles. The molecule has 1 aromatic rings. The Labute approximate surface area is 122 Å². The molecule has 2 N–H and O–H groups in total. The summed E-state index contributed by atoms with van der Waals surface area (Å²) in [6.45, 7) is 9.64. The highest BCUT2D eigenvalue weighted by atomic mass is 16.3. The van der Waals surface area contributed by atoms with E-state index in [1.807, 2.05) is 6.20 Å². The number of hydrogen-bond donors (Lipinski definition) is 2. The van der Waals surface area contributed by atoms with Gasteiger partial charge in [-0.25, -0.2) is 4.98 Å². The molecule has 1 aliphatic heterocycles. The molecule has 1 saturated heterocycles. The number of aryl methyl sites for hydroxylation is 1. The van der Waals surface area contributed by atoms with Crippen LogP contribution in [0.1, 0.15) is 37.8 Å². The van der Waals surface area contributed by atoms with Crippen LogP contribution in [0.3, 0.4) is 0 Å². The Balaban J connectivity index is 1.99. The monoisotopic (exact) mass is 277 g/mol. The Hall–Kier alpha value is -1.13. The van der Waals surface area contributed by atoms with Crippen molar-refractivity contribution in [3.8, 4) is 0 Å². The molecule has 0 saturated carbocycles. The molecule has 2 rings (SSSR count). The number of pyridine rings is 1. The van der Waals surface area contributed by atoms with Gasteiger partial charge in [-0.3, -0.25) is 0 Å². The van der Waals surface area contributed by atoms with E-state index in [4.69, 9.17) is 0 Å². The first-order valence-electron chi connectivity index (χ1n) is 7.65. The van der Waals surface area contributed by atoms with E-state index in [1.54, 1.807) is 0 Å². The largest absolute Gasteiger partial charge is 0.396 e. The first kappa shape index (κ1) is 15.3. The van der Waals surface area contributed by atoms with Gasteiger partial charge in [-0.2, -0.15) is 0 Å². The van der Waals surface area contributed by atoms with Gasteiger partial charge in [0.05, 0.1) is 0 Å². The van der Waals surface area contributed by atoms with Crippen LogP contribution >= 0.6 is 0 Å². The SMILES string of the molecule is Cc1cc(CNC(C)C)cnc1N1CCC(CO)CC1. The quantitative estimate of drug-likeness (QED) is 0.865. The standard InChI is InChI=1S/C16H27N3O/c1-12(2)17-9-15-8-13(3)16(18-10-15)19-6-4-14(11-20)5-7-19/h8,10,12,14,17,20H,4-7,9,11H2,1-3H3. The van der Waals surface area contributed by atoms with Gasteiger partial charge in [0.2, 0.25) is 0 Å². The van der Waals surface area contributed by atoms with Crippen molar-refractivity contribution in [2.24, 2.45) is 5.92 Å². The number of aromatic nitrogens is 1. The lowest BCUT2D eigenvalue weighted by atomic mass is 9.97. The molecule has 20 heavy (non-hydrogen) atoms. The Morgan fingerprint density at radius 1 is 1.40 bits per heavy atom. The summed E-state index contributed by atoms with van der Waals surface area (Å²) in [5.41, 5.74) is 2.49. The maximum Gasteiger partial charge on any atom is 0.131 e. The van der Waals surface area contributed by atoms with E-state index in [2.05, 4.69) is 42.0 Å². The molecule has 0 radical (unpaired) electrons. The van der Waals surface area contributed by atoms with Gasteiger partial charge in [-0.15, -0.1) is 0 Å². The molecule has 4 nitrogen and oxygen atoms in total. The molecule has 0 spiro atoms. The zero-order valence-corrected chi connectivity index (χ0v) is 12.9. The normalized spacial score (nSPS) is 16.9. The van der Waals surface area contributed by atoms with Gasteiger partial charge in [0, 0.05) is 38.5 Å². The van der Waals surface area contributed by atoms with Crippen LogP contribution in [0.2, 0.25) is 0 Å². The minimum absolute atomic E-state index is 0.320. The molecule has 112 valence electrons. The van der Waals surface area contributed by atoms with Crippen LogP contribution in [0.15, 0.2) is 12.3 Å². The van der Waals surface area contributed by atoms with Crippen molar-refractivity contribution in [3.05, 3.63) is 23.4 Å². The zero-order valence-electron chi connectivity index (χ0n) is 12.9. The molecule has 4 heteroatoms. The van der Waals surface area contributed by atoms with Gasteiger partial charge in [-0.05, 0) is 42.9 Å². The van der Waals surface area contributed by atoms with Crippen LogP contribution in [-0.4, -0.2) is 35.8 Å². The van der Waals surface area contributed by atoms with Crippen molar-refractivity contribution in [1.29, 1.82) is 0 Å². The minimum atomic E-state index is 0.320. The molecule has 2 heterocycles. The predicted octanol–water partition coefficient (Wildman–Crippen LogP) is 2.10. The third-order valence-corrected chi connectivity index (χ3v) is 3.99. The fraction of sp³-hybridized carbons (Fsp3) is 0.688. The van der Waals surface area contributed by atoms with Gasteiger partial charge in [0.1, 0.15) is 5.82 Å². The lowest BCUT2D eigenvalue weighted by molar-refractivity contribution is 0.202. The number of piperidine rings is 1. The van der Waals surface area contributed by atoms with Crippen molar-refractivity contribution < 1.29 is 5.11 Å². The third-order valence-electron chi connectivity index (χ3n) is 3.99. The number of hydrogen-bond acceptors (Lipinski definition) is 4. The Kier molecular flexibility index (Phi) is 5.38. The van der Waals surface area contributed by atoms with Crippen LogP contribution in [0.25, 0.3) is 0 Å². The van der Waals surface area contributed by atoms with E-state index in [0.717, 1.165) is 38.3 Å². The number of anilines is 1. The maximum atomic E-state index is 9.20. The summed E-state index contributed by atoms with van der Waals surface area (Å²) in [5, 5.41) is 12.6. The molecule has 1 aromatic heterocycles. The van der Waals surface area contributed by atoms with Crippen molar-refractivity contribution in [2.45, 2.75) is 46.2 Å². The Morgan fingerprint density at radius 3 is 2.65 bits per heavy atom. The van der Waals surface area contributed by atoms with Crippen LogP contribution < -0.4 is 10.2 Å². The predicted molar refractivity (Wildman–Crippen MR) is 83.0 cm³/mol. The molecule has 0 bridgehead atoms. The second-order valence-electron chi connectivity index (χ2n) is 6.13. The average Bonchev–Trinajstić information content (AvgIpc) is 2.45. The molecular formula is C16H27N3O. The van der Waals surface area contributed by atoms with E-state index in [1.165, 1.54) is 11.1 Å². The summed E-state index contributed by atoms with van der Waals surface area (Å²) in [6, 6.07) is 2.73. The molecular weight excluding hydrogens is 250 g/mol. The van der Waals surface area contributed by atoms with Crippen LogP contribution in [0.5, 0.6) is 0 Å². The number of rotatable bonds is 5. The second-order valence-corrected chi connectivity index (χ2v) is 6.13. The lowest BCUT2D eigenvalue weighted by Crippen LogP contribution is -2.35. The van der Waals surface area contributed by atoms with Crippen LogP contribution in [-0.2, 0) is 6.54 Å². The first-order valence-corrected chi connectivity index (χ1v) is 7.65. The summed E-state index contributed by atoms with van der Waals surface area (Å²) in [4.78, 5) is 7.00. The average molecular weight is 277 g/mol. The summed E-state index contributed by atoms with van der Waals surface area (Å²) in [7, 11) is 0. The minimum Gasteiger partial charge on any atom is -0.396 e. The van der Waals surface area contributed by atoms with Crippen molar-refractivity contribution in [2.75, 3.05) is 24.6 Å². The van der Waals surface area contributed by atoms with Crippen molar-refractivity contribution >= 4 is 5.82 Å². The molecule has 0 amide bonds. The summed E-state index contributed by atoms with van der Waals surface area (Å²) < 4.78 is 0. The van der Waals surface area contributed by atoms with E-state index in [9.17, 15) is 5.11 Å². The molecule has 0 aromatic carbocycles. The number of aliphatic hydroxyl groups is 1. The van der Waals surface area contributed by atoms with E-state index >= 15 is 0 Å². The maximum absolute atomic E-state index is 9.20. The summed E-state index contributed by atoms with van der Waals surface area (Å²) in [6.07, 6.45) is 4.11. The molecule has 1 aliphatic rings. The van der Waals surface area contributed by atoms with Gasteiger partial charge in [-0.1, -0.05) is 13.8 Å². The number of nitrogens with one attached hydrogen (secondary N) is 1. The lowest BCUT2D eigenvalue weighted by Gasteiger charge is -2.33. The van der Waals surface area contributed by atoms with Crippen LogP contribution in [0.4, 0.5) is 5.82 Å². The Bertz CT molecular complexity index is 426. The highest BCUT2D eigenvalue weighted by Gasteiger charge is 2.20. The molecule has 1 fully saturated rings. The molecule has 0 atom stereocenters. The van der Waals surface area contributed by atoms with Crippen molar-refractivity contribution in [1.82, 2.24) is 10.3 Å². The highest BCUT2D eigenvalue weighted by Crippen LogP contribution is 2.24.